The minimum absolute atomic E-state index is 0.0322. The van der Waals surface area contributed by atoms with Crippen molar-refractivity contribution in [2.75, 3.05) is 7.11 Å². The summed E-state index contributed by atoms with van der Waals surface area (Å²) in [4.78, 5) is 45.8. The van der Waals surface area contributed by atoms with Crippen LogP contribution in [-0.4, -0.2) is 46.1 Å². The number of thiophene rings is 1. The van der Waals surface area contributed by atoms with Gasteiger partial charge in [0.05, 0.1) is 48.8 Å². The standard InChI is InChI=1S/C32H39N3O7S/c1-18-25-27(36)35(32(5,6)29(37)42-31(2,3)4)30(38)34(28(25)43-26(18)33-7)17-24(22-11-9-10-12-23(22)39-8)41-21-15-19-13-14-20(16-21)40-19/h9-12,19-21,24H,13-17H2,1-6,8H3/t19-,20+,21?,24-/m0/s1. The summed E-state index contributed by atoms with van der Waals surface area (Å²) < 4.78 is 26.6. The number of hydrogen-bond acceptors (Lipinski definition) is 8. The first-order chi connectivity index (χ1) is 20.2. The van der Waals surface area contributed by atoms with Crippen molar-refractivity contribution in [3.63, 3.8) is 0 Å². The first kappa shape index (κ1) is 31.0. The van der Waals surface area contributed by atoms with Crippen LogP contribution in [-0.2, 0) is 31.1 Å². The summed E-state index contributed by atoms with van der Waals surface area (Å²) in [7, 11) is 1.59. The Hall–Kier alpha value is -3.46. The zero-order valence-electron chi connectivity index (χ0n) is 25.8. The van der Waals surface area contributed by atoms with Crippen molar-refractivity contribution >= 4 is 32.5 Å². The van der Waals surface area contributed by atoms with Gasteiger partial charge in [-0.1, -0.05) is 18.2 Å². The zero-order valence-corrected chi connectivity index (χ0v) is 26.6. The number of carbonyl (C=O) groups is 1. The second-order valence-corrected chi connectivity index (χ2v) is 13.8. The highest BCUT2D eigenvalue weighted by Gasteiger charge is 2.40. The quantitative estimate of drug-likeness (QED) is 0.241. The van der Waals surface area contributed by atoms with Crippen molar-refractivity contribution in [3.8, 4) is 5.75 Å². The molecule has 2 bridgehead atoms. The lowest BCUT2D eigenvalue weighted by molar-refractivity contribution is -0.164. The van der Waals surface area contributed by atoms with Gasteiger partial charge in [0.15, 0.2) is 0 Å². The molecule has 230 valence electrons. The predicted molar refractivity (Wildman–Crippen MR) is 164 cm³/mol. The van der Waals surface area contributed by atoms with Gasteiger partial charge in [0.25, 0.3) is 5.56 Å². The topological polar surface area (TPSA) is 102 Å². The van der Waals surface area contributed by atoms with E-state index in [-0.39, 0.29) is 30.2 Å². The third kappa shape index (κ3) is 5.88. The molecule has 5 rings (SSSR count). The summed E-state index contributed by atoms with van der Waals surface area (Å²) in [5.74, 6) is -0.1000. The zero-order chi connectivity index (χ0) is 31.3. The van der Waals surface area contributed by atoms with Gasteiger partial charge in [0, 0.05) is 5.56 Å². The fourth-order valence-electron chi connectivity index (χ4n) is 6.06. The van der Waals surface area contributed by atoms with Crippen LogP contribution in [0.5, 0.6) is 5.75 Å². The van der Waals surface area contributed by atoms with Crippen LogP contribution in [0.2, 0.25) is 0 Å². The smallest absolute Gasteiger partial charge is 0.333 e. The Labute approximate surface area is 254 Å². The van der Waals surface area contributed by atoms with Crippen LogP contribution in [0.4, 0.5) is 5.00 Å². The van der Waals surface area contributed by atoms with Crippen LogP contribution < -0.4 is 16.0 Å². The molecule has 0 N–H and O–H groups in total. The van der Waals surface area contributed by atoms with Gasteiger partial charge in [-0.2, -0.15) is 0 Å². The Morgan fingerprint density at radius 3 is 2.40 bits per heavy atom. The molecule has 4 atom stereocenters. The molecule has 0 saturated carbocycles. The van der Waals surface area contributed by atoms with E-state index in [0.29, 0.717) is 21.1 Å². The fraction of sp³-hybridized carbons (Fsp3) is 0.562. The Bertz CT molecular complexity index is 1690. The summed E-state index contributed by atoms with van der Waals surface area (Å²) in [5.41, 5.74) is -2.55. The molecule has 1 aromatic carbocycles. The number of methoxy groups -OCH3 is 1. The van der Waals surface area contributed by atoms with Gasteiger partial charge in [-0.05, 0) is 78.9 Å². The second-order valence-electron chi connectivity index (χ2n) is 12.8. The Morgan fingerprint density at radius 2 is 1.79 bits per heavy atom. The van der Waals surface area contributed by atoms with Crippen LogP contribution >= 0.6 is 11.3 Å². The average molecular weight is 610 g/mol. The van der Waals surface area contributed by atoms with Gasteiger partial charge in [-0.25, -0.2) is 19.0 Å². The van der Waals surface area contributed by atoms with Crippen molar-refractivity contribution in [2.24, 2.45) is 0 Å². The molecule has 2 aliphatic heterocycles. The van der Waals surface area contributed by atoms with Crippen molar-refractivity contribution < 1.29 is 23.7 Å². The molecule has 2 fully saturated rings. The summed E-state index contributed by atoms with van der Waals surface area (Å²) >= 11 is 1.09. The molecular formula is C32H39N3O7S. The molecule has 1 unspecified atom stereocenters. The van der Waals surface area contributed by atoms with Crippen LogP contribution in [0.15, 0.2) is 33.9 Å². The van der Waals surface area contributed by atoms with E-state index in [1.165, 1.54) is 18.4 Å². The van der Waals surface area contributed by atoms with Crippen LogP contribution in [0.25, 0.3) is 15.1 Å². The fourth-order valence-corrected chi connectivity index (χ4v) is 7.14. The molecule has 11 heteroatoms. The molecule has 0 spiro atoms. The highest BCUT2D eigenvalue weighted by Crippen LogP contribution is 2.40. The SMILES string of the molecule is [C-]#[N+]c1sc2c(c1C)c(=O)n(C(C)(C)C(=O)OC(C)(C)C)c(=O)n2C[C@H](OC1C[C@H]2CC[C@@H](C1)O2)c1ccccc1OC. The van der Waals surface area contributed by atoms with Gasteiger partial charge in [-0.15, -0.1) is 11.3 Å². The van der Waals surface area contributed by atoms with Crippen molar-refractivity contribution in [3.05, 3.63) is 67.6 Å². The van der Waals surface area contributed by atoms with E-state index in [1.54, 1.807) is 34.8 Å². The van der Waals surface area contributed by atoms with Gasteiger partial charge in [0.1, 0.15) is 23.0 Å². The number of hydrogen-bond donors (Lipinski definition) is 0. The van der Waals surface area contributed by atoms with E-state index in [2.05, 4.69) is 4.85 Å². The van der Waals surface area contributed by atoms with E-state index in [1.807, 2.05) is 24.3 Å². The third-order valence-corrected chi connectivity index (χ3v) is 9.39. The number of aryl methyl sites for hydroxylation is 1. The maximum absolute atomic E-state index is 14.4. The number of fused-ring (bicyclic) bond motifs is 3. The van der Waals surface area contributed by atoms with Gasteiger partial charge in [-0.3, -0.25) is 9.36 Å². The summed E-state index contributed by atoms with van der Waals surface area (Å²) in [6, 6.07) is 7.51. The maximum atomic E-state index is 14.4. The lowest BCUT2D eigenvalue weighted by Gasteiger charge is -2.33. The molecular weight excluding hydrogens is 570 g/mol. The van der Waals surface area contributed by atoms with Gasteiger partial charge < -0.3 is 18.9 Å². The number of nitrogens with zero attached hydrogens (tertiary/aromatic N) is 3. The number of benzene rings is 1. The Kier molecular flexibility index (Phi) is 8.33. The highest BCUT2D eigenvalue weighted by atomic mass is 32.1. The van der Waals surface area contributed by atoms with E-state index < -0.39 is 34.5 Å². The molecule has 4 heterocycles. The maximum Gasteiger partial charge on any atom is 0.333 e. The molecule has 0 aliphatic carbocycles. The molecule has 3 aromatic rings. The van der Waals surface area contributed by atoms with Crippen LogP contribution in [0.3, 0.4) is 0 Å². The second kappa shape index (κ2) is 11.6. The number of carbonyl (C=O) groups excluding carboxylic acids is 1. The molecule has 10 nitrogen and oxygen atoms in total. The molecule has 0 radical (unpaired) electrons. The molecule has 2 aromatic heterocycles. The minimum atomic E-state index is -1.63. The molecule has 43 heavy (non-hydrogen) atoms. The largest absolute Gasteiger partial charge is 0.496 e. The lowest BCUT2D eigenvalue weighted by atomic mass is 10.0. The Morgan fingerprint density at radius 1 is 1.14 bits per heavy atom. The number of esters is 1. The van der Waals surface area contributed by atoms with Gasteiger partial charge in [0.2, 0.25) is 5.00 Å². The van der Waals surface area contributed by atoms with E-state index in [0.717, 1.165) is 47.2 Å². The molecule has 2 saturated heterocycles. The number of para-hydroxylation sites is 1. The minimum Gasteiger partial charge on any atom is -0.496 e. The highest BCUT2D eigenvalue weighted by molar-refractivity contribution is 7.22. The van der Waals surface area contributed by atoms with Crippen molar-refractivity contribution in [2.45, 2.75) is 109 Å². The first-order valence-corrected chi connectivity index (χ1v) is 15.4. The Balaban J connectivity index is 1.69. The third-order valence-electron chi connectivity index (χ3n) is 8.18. The summed E-state index contributed by atoms with van der Waals surface area (Å²) in [5, 5.41) is 0.541. The number of rotatable bonds is 8. The molecule has 2 aliphatic rings. The van der Waals surface area contributed by atoms with Crippen LogP contribution in [0.1, 0.15) is 77.5 Å². The van der Waals surface area contributed by atoms with Crippen LogP contribution in [0, 0.1) is 13.5 Å². The predicted octanol–water partition coefficient (Wildman–Crippen LogP) is 5.64. The summed E-state index contributed by atoms with van der Waals surface area (Å²) in [6.07, 6.45) is 3.07. The van der Waals surface area contributed by atoms with E-state index in [4.69, 9.17) is 25.5 Å². The first-order valence-electron chi connectivity index (χ1n) is 14.6. The van der Waals surface area contributed by atoms with E-state index >= 15 is 0 Å². The van der Waals surface area contributed by atoms with E-state index in [9.17, 15) is 14.4 Å². The van der Waals surface area contributed by atoms with Crippen molar-refractivity contribution in [1.82, 2.24) is 9.13 Å². The molecule has 0 amide bonds. The average Bonchev–Trinajstić information content (AvgIpc) is 3.46. The monoisotopic (exact) mass is 609 g/mol. The normalized spacial score (nSPS) is 21.0. The lowest BCUT2D eigenvalue weighted by Crippen LogP contribution is -2.54. The number of ether oxygens (including phenoxy) is 4. The van der Waals surface area contributed by atoms with Crippen molar-refractivity contribution in [1.29, 1.82) is 0 Å². The number of aromatic nitrogens is 2. The van der Waals surface area contributed by atoms with Gasteiger partial charge >= 0.3 is 11.7 Å². The summed E-state index contributed by atoms with van der Waals surface area (Å²) in [6.45, 7) is 17.6.